The molecule has 1 unspecified atom stereocenters. The Bertz CT molecular complexity index is 438. The average Bonchev–Trinajstić information content (AvgIpc) is 2.26. The van der Waals surface area contributed by atoms with Crippen LogP contribution in [0, 0.1) is 6.92 Å². The van der Waals surface area contributed by atoms with Gasteiger partial charge in [-0.2, -0.15) is 0 Å². The summed E-state index contributed by atoms with van der Waals surface area (Å²) in [5, 5.41) is 6.02. The quantitative estimate of drug-likeness (QED) is 0.870. The summed E-state index contributed by atoms with van der Waals surface area (Å²) in [6.45, 7) is 8.35. The smallest absolute Gasteiger partial charge is 0.407 e. The van der Waals surface area contributed by atoms with Gasteiger partial charge in [-0.1, -0.05) is 29.8 Å². The van der Waals surface area contributed by atoms with Crippen LogP contribution in [0.4, 0.5) is 4.79 Å². The third-order valence-corrected chi connectivity index (χ3v) is 2.74. The first-order valence-electron chi connectivity index (χ1n) is 7.00. The van der Waals surface area contributed by atoms with Gasteiger partial charge in [-0.25, -0.2) is 4.79 Å². The van der Waals surface area contributed by atoms with Crippen LogP contribution in [-0.4, -0.2) is 31.3 Å². The molecule has 0 aliphatic carbocycles. The van der Waals surface area contributed by atoms with Crippen LogP contribution in [-0.2, 0) is 11.2 Å². The molecule has 0 saturated heterocycles. The molecule has 0 radical (unpaired) electrons. The van der Waals surface area contributed by atoms with Crippen LogP contribution in [0.25, 0.3) is 0 Å². The monoisotopic (exact) mass is 278 g/mol. The number of alkyl carbamates (subject to hydrolysis) is 1. The molecule has 1 atom stereocenters. The Kier molecular flexibility index (Phi) is 6.02. The molecule has 0 aromatic heterocycles. The molecule has 0 aliphatic rings. The summed E-state index contributed by atoms with van der Waals surface area (Å²) in [4.78, 5) is 11.8. The summed E-state index contributed by atoms with van der Waals surface area (Å²) in [7, 11) is 1.88. The van der Waals surface area contributed by atoms with Crippen LogP contribution in [0.1, 0.15) is 31.9 Å². The minimum Gasteiger partial charge on any atom is -0.444 e. The lowest BCUT2D eigenvalue weighted by molar-refractivity contribution is 0.0504. The maximum absolute atomic E-state index is 11.8. The highest BCUT2D eigenvalue weighted by molar-refractivity contribution is 5.68. The molecule has 0 heterocycles. The number of likely N-dealkylation sites (N-methyl/N-ethyl adjacent to an activating group) is 1. The summed E-state index contributed by atoms with van der Waals surface area (Å²) in [5.41, 5.74) is 1.96. The molecule has 4 nitrogen and oxygen atoms in total. The lowest BCUT2D eigenvalue weighted by Crippen LogP contribution is -2.44. The summed E-state index contributed by atoms with van der Waals surface area (Å²) in [5.74, 6) is 0. The Morgan fingerprint density at radius 2 is 2.05 bits per heavy atom. The number of hydrogen-bond acceptors (Lipinski definition) is 3. The van der Waals surface area contributed by atoms with E-state index < -0.39 is 5.60 Å². The number of carbonyl (C=O) groups excluding carboxylic acids is 1. The highest BCUT2D eigenvalue weighted by Crippen LogP contribution is 2.09. The van der Waals surface area contributed by atoms with E-state index in [9.17, 15) is 4.79 Å². The van der Waals surface area contributed by atoms with E-state index in [0.717, 1.165) is 6.42 Å². The van der Waals surface area contributed by atoms with E-state index in [-0.39, 0.29) is 12.1 Å². The number of carbonyl (C=O) groups is 1. The number of rotatable bonds is 5. The van der Waals surface area contributed by atoms with Gasteiger partial charge in [0.25, 0.3) is 0 Å². The van der Waals surface area contributed by atoms with Crippen molar-refractivity contribution in [2.45, 2.75) is 45.8 Å². The van der Waals surface area contributed by atoms with E-state index in [2.05, 4.69) is 35.8 Å². The highest BCUT2D eigenvalue weighted by Gasteiger charge is 2.19. The fraction of sp³-hybridized carbons (Fsp3) is 0.562. The van der Waals surface area contributed by atoms with Crippen molar-refractivity contribution in [3.8, 4) is 0 Å². The average molecular weight is 278 g/mol. The first-order chi connectivity index (χ1) is 9.30. The molecule has 1 amide bonds. The van der Waals surface area contributed by atoms with Gasteiger partial charge in [-0.15, -0.1) is 0 Å². The number of hydrogen-bond donors (Lipinski definition) is 2. The molecule has 1 aromatic rings. The minimum absolute atomic E-state index is 0.0108. The van der Waals surface area contributed by atoms with Gasteiger partial charge in [0, 0.05) is 12.6 Å². The van der Waals surface area contributed by atoms with Crippen molar-refractivity contribution in [2.75, 3.05) is 13.6 Å². The second kappa shape index (κ2) is 7.29. The van der Waals surface area contributed by atoms with Gasteiger partial charge in [-0.3, -0.25) is 0 Å². The van der Waals surface area contributed by atoms with E-state index in [1.807, 2.05) is 33.9 Å². The zero-order chi connectivity index (χ0) is 15.2. The van der Waals surface area contributed by atoms with Crippen molar-refractivity contribution in [1.82, 2.24) is 10.6 Å². The summed E-state index contributed by atoms with van der Waals surface area (Å²) < 4.78 is 5.30. The number of aryl methyl sites for hydroxylation is 1. The van der Waals surface area contributed by atoms with E-state index in [4.69, 9.17) is 4.74 Å². The normalized spacial score (nSPS) is 12.8. The summed E-state index contributed by atoms with van der Waals surface area (Å²) >= 11 is 0. The molecule has 0 aliphatic heterocycles. The van der Waals surface area contributed by atoms with E-state index in [1.54, 1.807) is 0 Å². The fourth-order valence-electron chi connectivity index (χ4n) is 2.02. The number of amides is 1. The zero-order valence-corrected chi connectivity index (χ0v) is 13.1. The van der Waals surface area contributed by atoms with Gasteiger partial charge < -0.3 is 15.4 Å². The minimum atomic E-state index is -0.475. The van der Waals surface area contributed by atoms with Crippen molar-refractivity contribution in [3.63, 3.8) is 0 Å². The summed E-state index contributed by atoms with van der Waals surface area (Å²) in [6.07, 6.45) is 0.410. The highest BCUT2D eigenvalue weighted by atomic mass is 16.6. The summed E-state index contributed by atoms with van der Waals surface area (Å²) in [6, 6.07) is 8.33. The third-order valence-electron chi connectivity index (χ3n) is 2.74. The molecule has 1 aromatic carbocycles. The molecule has 0 fully saturated rings. The van der Waals surface area contributed by atoms with Crippen LogP contribution in [0.3, 0.4) is 0 Å². The van der Waals surface area contributed by atoms with Crippen LogP contribution in [0.2, 0.25) is 0 Å². The van der Waals surface area contributed by atoms with Gasteiger partial charge in [0.2, 0.25) is 0 Å². The second-order valence-corrected chi connectivity index (χ2v) is 6.09. The Morgan fingerprint density at radius 3 is 2.60 bits per heavy atom. The zero-order valence-electron chi connectivity index (χ0n) is 13.1. The topological polar surface area (TPSA) is 50.4 Å². The van der Waals surface area contributed by atoms with E-state index >= 15 is 0 Å². The van der Waals surface area contributed by atoms with Gasteiger partial charge >= 0.3 is 6.09 Å². The van der Waals surface area contributed by atoms with Crippen molar-refractivity contribution >= 4 is 6.09 Å². The van der Waals surface area contributed by atoms with E-state index in [1.165, 1.54) is 11.1 Å². The molecule has 1 rings (SSSR count). The Balaban J connectivity index is 2.62. The number of ether oxygens (including phenoxy) is 1. The van der Waals surface area contributed by atoms with Gasteiger partial charge in [-0.05, 0) is 46.7 Å². The lowest BCUT2D eigenvalue weighted by Gasteiger charge is -2.23. The molecule has 4 heteroatoms. The fourth-order valence-corrected chi connectivity index (χ4v) is 2.02. The van der Waals surface area contributed by atoms with Crippen LogP contribution in [0.5, 0.6) is 0 Å². The van der Waals surface area contributed by atoms with Crippen LogP contribution in [0.15, 0.2) is 24.3 Å². The van der Waals surface area contributed by atoms with Gasteiger partial charge in [0.15, 0.2) is 0 Å². The van der Waals surface area contributed by atoms with Crippen molar-refractivity contribution in [3.05, 3.63) is 35.4 Å². The van der Waals surface area contributed by atoms with Crippen molar-refractivity contribution in [1.29, 1.82) is 0 Å². The first kappa shape index (κ1) is 16.5. The maximum atomic E-state index is 11.8. The third kappa shape index (κ3) is 6.57. The molecular weight excluding hydrogens is 252 g/mol. The maximum Gasteiger partial charge on any atom is 0.407 e. The number of benzene rings is 1. The standard InChI is InChI=1S/C16H26N2O2/c1-12-7-6-8-13(9-12)10-14(11-17-5)18-15(19)20-16(2,3)4/h6-9,14,17H,10-11H2,1-5H3,(H,18,19). The van der Waals surface area contributed by atoms with Crippen molar-refractivity contribution in [2.24, 2.45) is 0 Å². The Labute approximate surface area is 121 Å². The molecule has 0 bridgehead atoms. The van der Waals surface area contributed by atoms with Gasteiger partial charge in [0.1, 0.15) is 5.60 Å². The van der Waals surface area contributed by atoms with Gasteiger partial charge in [0.05, 0.1) is 0 Å². The molecule has 112 valence electrons. The Morgan fingerprint density at radius 1 is 1.35 bits per heavy atom. The van der Waals surface area contributed by atoms with Crippen LogP contribution < -0.4 is 10.6 Å². The first-order valence-corrected chi connectivity index (χ1v) is 7.00. The van der Waals surface area contributed by atoms with Crippen molar-refractivity contribution < 1.29 is 9.53 Å². The predicted molar refractivity (Wildman–Crippen MR) is 82.0 cm³/mol. The van der Waals surface area contributed by atoms with Crippen LogP contribution >= 0.6 is 0 Å². The largest absolute Gasteiger partial charge is 0.444 e. The second-order valence-electron chi connectivity index (χ2n) is 6.09. The molecule has 0 spiro atoms. The Hall–Kier alpha value is -1.55. The SMILES string of the molecule is CNCC(Cc1cccc(C)c1)NC(=O)OC(C)(C)C. The number of nitrogens with one attached hydrogen (secondary N) is 2. The molecule has 2 N–H and O–H groups in total. The van der Waals surface area contributed by atoms with E-state index in [0.29, 0.717) is 6.54 Å². The molecule has 0 saturated carbocycles. The predicted octanol–water partition coefficient (Wildman–Crippen LogP) is 2.65. The lowest BCUT2D eigenvalue weighted by atomic mass is 10.0. The molecule has 20 heavy (non-hydrogen) atoms. The molecular formula is C16H26N2O2.